The summed E-state index contributed by atoms with van der Waals surface area (Å²) in [6.45, 7) is 1.15. The molecule has 0 aliphatic carbocycles. The van der Waals surface area contributed by atoms with Crippen LogP contribution >= 0.6 is 0 Å². The molecule has 2 amide bonds. The Labute approximate surface area is 181 Å². The second-order valence-electron chi connectivity index (χ2n) is 8.02. The summed E-state index contributed by atoms with van der Waals surface area (Å²) >= 11 is 0. The minimum Gasteiger partial charge on any atom is -0.399 e. The monoisotopic (exact) mass is 421 g/mol. The first kappa shape index (κ1) is 21.1. The Hall–Kier alpha value is -3.19. The zero-order valence-electron chi connectivity index (χ0n) is 17.6. The van der Waals surface area contributed by atoms with Gasteiger partial charge in [0.1, 0.15) is 13.2 Å². The summed E-state index contributed by atoms with van der Waals surface area (Å²) in [5.41, 5.74) is 3.28. The van der Waals surface area contributed by atoms with Gasteiger partial charge in [-0.05, 0) is 36.1 Å². The number of nitrogens with zero attached hydrogens (tertiary/aromatic N) is 3. The molecule has 2 aliphatic heterocycles. The van der Waals surface area contributed by atoms with Crippen molar-refractivity contribution in [1.82, 2.24) is 9.80 Å². The van der Waals surface area contributed by atoms with E-state index in [-0.39, 0.29) is 18.4 Å². The lowest BCUT2D eigenvalue weighted by atomic mass is 10.0. The molecule has 1 N–H and O–H groups in total. The third-order valence-corrected chi connectivity index (χ3v) is 5.87. The van der Waals surface area contributed by atoms with Crippen LogP contribution in [0.4, 0.5) is 0 Å². The number of oxime groups is 1. The number of rotatable bonds is 4. The highest BCUT2D eigenvalue weighted by atomic mass is 16.6. The van der Waals surface area contributed by atoms with Crippen LogP contribution in [0.5, 0.6) is 0 Å². The molecule has 7 nitrogen and oxygen atoms in total. The Balaban J connectivity index is 1.55. The van der Waals surface area contributed by atoms with Crippen LogP contribution in [0.25, 0.3) is 11.1 Å². The average molecular weight is 421 g/mol. The summed E-state index contributed by atoms with van der Waals surface area (Å²) in [6, 6.07) is 16.7. The highest BCUT2D eigenvalue weighted by Gasteiger charge is 2.41. The summed E-state index contributed by atoms with van der Waals surface area (Å²) in [4.78, 5) is 34.7. The Morgan fingerprint density at radius 3 is 2.45 bits per heavy atom. The van der Waals surface area contributed by atoms with Crippen molar-refractivity contribution in [2.24, 2.45) is 5.16 Å². The lowest BCUT2D eigenvalue weighted by Gasteiger charge is -2.34. The predicted octanol–water partition coefficient (Wildman–Crippen LogP) is 2.55. The molecule has 1 unspecified atom stereocenters. The molecular weight excluding hydrogens is 394 g/mol. The number of carbonyl (C=O) groups is 2. The van der Waals surface area contributed by atoms with Crippen LogP contribution in [-0.4, -0.2) is 71.3 Å². The standard InChI is InChI=1S/C24H27N3O4/c1-31-25-20-14-22(24(30)26-13-5-8-21(28)16-26)27(15-20)23(29)19-11-9-18(10-12-19)17-6-3-2-4-7-17/h2-4,6-7,9-12,21-22,28H,5,8,13-16H2,1H3/t21?,22-/m0/s1. The van der Waals surface area contributed by atoms with Gasteiger partial charge in [0.15, 0.2) is 0 Å². The van der Waals surface area contributed by atoms with Crippen molar-refractivity contribution in [3.8, 4) is 11.1 Å². The van der Waals surface area contributed by atoms with Gasteiger partial charge in [0.2, 0.25) is 5.91 Å². The minimum atomic E-state index is -0.638. The predicted molar refractivity (Wildman–Crippen MR) is 118 cm³/mol. The maximum Gasteiger partial charge on any atom is 0.254 e. The molecule has 0 spiro atoms. The Kier molecular flexibility index (Phi) is 6.32. The van der Waals surface area contributed by atoms with Crippen molar-refractivity contribution in [2.45, 2.75) is 31.4 Å². The number of carbonyl (C=O) groups excluding carboxylic acids is 2. The van der Waals surface area contributed by atoms with Gasteiger partial charge in [-0.3, -0.25) is 9.59 Å². The van der Waals surface area contributed by atoms with Crippen LogP contribution in [0.1, 0.15) is 29.6 Å². The zero-order chi connectivity index (χ0) is 21.8. The van der Waals surface area contributed by atoms with E-state index in [0.717, 1.165) is 17.5 Å². The van der Waals surface area contributed by atoms with E-state index in [9.17, 15) is 14.7 Å². The van der Waals surface area contributed by atoms with Gasteiger partial charge in [0.05, 0.1) is 18.4 Å². The van der Waals surface area contributed by atoms with Crippen LogP contribution < -0.4 is 0 Å². The van der Waals surface area contributed by atoms with Gasteiger partial charge in [0, 0.05) is 25.1 Å². The summed E-state index contributed by atoms with van der Waals surface area (Å²) in [5, 5.41) is 14.0. The smallest absolute Gasteiger partial charge is 0.254 e. The van der Waals surface area contributed by atoms with Gasteiger partial charge >= 0.3 is 0 Å². The van der Waals surface area contributed by atoms with Crippen LogP contribution in [0, 0.1) is 0 Å². The van der Waals surface area contributed by atoms with Crippen LogP contribution in [0.15, 0.2) is 59.8 Å². The van der Waals surface area contributed by atoms with Gasteiger partial charge in [-0.25, -0.2) is 0 Å². The van der Waals surface area contributed by atoms with Crippen molar-refractivity contribution in [3.63, 3.8) is 0 Å². The third-order valence-electron chi connectivity index (χ3n) is 5.87. The fourth-order valence-electron chi connectivity index (χ4n) is 4.30. The molecule has 0 saturated carbocycles. The molecule has 2 fully saturated rings. The summed E-state index contributed by atoms with van der Waals surface area (Å²) in [6.07, 6.45) is 1.28. The van der Waals surface area contributed by atoms with Gasteiger partial charge in [-0.2, -0.15) is 0 Å². The number of likely N-dealkylation sites (tertiary alicyclic amines) is 2. The normalized spacial score (nSPS) is 22.6. The molecule has 31 heavy (non-hydrogen) atoms. The minimum absolute atomic E-state index is 0.144. The van der Waals surface area contributed by atoms with E-state index in [0.29, 0.717) is 37.2 Å². The average Bonchev–Trinajstić information content (AvgIpc) is 3.23. The van der Waals surface area contributed by atoms with E-state index in [1.165, 1.54) is 7.11 Å². The highest BCUT2D eigenvalue weighted by Crippen LogP contribution is 2.25. The number of piperidine rings is 1. The van der Waals surface area contributed by atoms with E-state index in [4.69, 9.17) is 4.84 Å². The number of hydrogen-bond acceptors (Lipinski definition) is 5. The fraction of sp³-hybridized carbons (Fsp3) is 0.375. The van der Waals surface area contributed by atoms with E-state index in [1.54, 1.807) is 21.9 Å². The number of amides is 2. The van der Waals surface area contributed by atoms with Crippen molar-refractivity contribution >= 4 is 17.5 Å². The van der Waals surface area contributed by atoms with Crippen LogP contribution in [0.2, 0.25) is 0 Å². The summed E-state index contributed by atoms with van der Waals surface area (Å²) in [7, 11) is 1.46. The van der Waals surface area contributed by atoms with Crippen molar-refractivity contribution < 1.29 is 19.5 Å². The van der Waals surface area contributed by atoms with Crippen molar-refractivity contribution in [2.75, 3.05) is 26.7 Å². The number of β-amino-alcohol motifs (C(OH)–C–C–N with tert-alkyl or cyclic N) is 1. The Morgan fingerprint density at radius 1 is 1.06 bits per heavy atom. The van der Waals surface area contributed by atoms with E-state index in [1.807, 2.05) is 42.5 Å². The lowest BCUT2D eigenvalue weighted by Crippen LogP contribution is -2.51. The maximum atomic E-state index is 13.3. The molecule has 162 valence electrons. The zero-order valence-corrected chi connectivity index (χ0v) is 17.6. The SMILES string of the molecule is CON=C1C[C@@H](C(=O)N2CCCC(O)C2)N(C(=O)c2ccc(-c3ccccc3)cc2)C1. The molecule has 2 aliphatic rings. The largest absolute Gasteiger partial charge is 0.399 e. The summed E-state index contributed by atoms with van der Waals surface area (Å²) in [5.74, 6) is -0.355. The number of aliphatic hydroxyl groups is 1. The molecule has 2 aromatic carbocycles. The molecule has 2 atom stereocenters. The maximum absolute atomic E-state index is 13.3. The van der Waals surface area contributed by atoms with Gasteiger partial charge in [-0.1, -0.05) is 47.6 Å². The highest BCUT2D eigenvalue weighted by molar-refractivity contribution is 6.05. The molecule has 0 bridgehead atoms. The number of hydrogen-bond donors (Lipinski definition) is 1. The lowest BCUT2D eigenvalue weighted by molar-refractivity contribution is -0.138. The second kappa shape index (κ2) is 9.31. The fourth-order valence-corrected chi connectivity index (χ4v) is 4.30. The first-order valence-corrected chi connectivity index (χ1v) is 10.6. The van der Waals surface area contributed by atoms with Gasteiger partial charge in [-0.15, -0.1) is 0 Å². The topological polar surface area (TPSA) is 82.4 Å². The molecule has 4 rings (SSSR count). The number of aliphatic hydroxyl groups excluding tert-OH is 1. The molecular formula is C24H27N3O4. The second-order valence-corrected chi connectivity index (χ2v) is 8.02. The van der Waals surface area contributed by atoms with E-state index < -0.39 is 12.1 Å². The quantitative estimate of drug-likeness (QED) is 0.770. The molecule has 2 heterocycles. The molecule has 2 aromatic rings. The first-order chi connectivity index (χ1) is 15.1. The van der Waals surface area contributed by atoms with Gasteiger partial charge in [0.25, 0.3) is 5.91 Å². The molecule has 0 aromatic heterocycles. The molecule has 2 saturated heterocycles. The Bertz CT molecular complexity index is 959. The van der Waals surface area contributed by atoms with Crippen LogP contribution in [0.3, 0.4) is 0 Å². The molecule has 0 radical (unpaired) electrons. The van der Waals surface area contributed by atoms with Crippen molar-refractivity contribution in [3.05, 3.63) is 60.2 Å². The van der Waals surface area contributed by atoms with E-state index in [2.05, 4.69) is 5.16 Å². The Morgan fingerprint density at radius 2 is 1.77 bits per heavy atom. The summed E-state index contributed by atoms with van der Waals surface area (Å²) < 4.78 is 0. The van der Waals surface area contributed by atoms with Crippen LogP contribution in [-0.2, 0) is 9.63 Å². The van der Waals surface area contributed by atoms with Gasteiger partial charge < -0.3 is 19.7 Å². The van der Waals surface area contributed by atoms with E-state index >= 15 is 0 Å². The first-order valence-electron chi connectivity index (χ1n) is 10.6. The molecule has 7 heteroatoms. The number of benzene rings is 2. The third kappa shape index (κ3) is 4.61. The van der Waals surface area contributed by atoms with Crippen molar-refractivity contribution in [1.29, 1.82) is 0 Å².